The molecule has 1 fully saturated rings. The standard InChI is InChI=1S/C18H30N2O/c1-13(2)10-20-11-16-5-6-19-12-18(16)21-17-8-14(3)7-15(4)9-17/h5-6,12-15,17,20H,7-11H2,1-4H3. The molecule has 0 radical (unpaired) electrons. The first-order valence-corrected chi connectivity index (χ1v) is 8.34. The van der Waals surface area contributed by atoms with Gasteiger partial charge in [-0.15, -0.1) is 0 Å². The highest BCUT2D eigenvalue weighted by Gasteiger charge is 2.25. The average molecular weight is 290 g/mol. The number of ether oxygens (including phenoxy) is 1. The molecule has 1 aliphatic rings. The van der Waals surface area contributed by atoms with Gasteiger partial charge in [0, 0.05) is 18.3 Å². The molecule has 21 heavy (non-hydrogen) atoms. The van der Waals surface area contributed by atoms with E-state index >= 15 is 0 Å². The van der Waals surface area contributed by atoms with E-state index in [1.54, 1.807) is 0 Å². The Kier molecular flexibility index (Phi) is 6.04. The molecule has 0 bridgehead atoms. The molecule has 1 aliphatic carbocycles. The molecule has 3 heteroatoms. The molecular weight excluding hydrogens is 260 g/mol. The van der Waals surface area contributed by atoms with Crippen LogP contribution in [0.15, 0.2) is 18.5 Å². The molecular formula is C18H30N2O. The molecule has 0 spiro atoms. The SMILES string of the molecule is CC(C)CNCc1ccncc1OC1CC(C)CC(C)C1. The first-order valence-electron chi connectivity index (χ1n) is 8.34. The highest BCUT2D eigenvalue weighted by molar-refractivity contribution is 5.30. The average Bonchev–Trinajstić information content (AvgIpc) is 2.39. The number of hydrogen-bond acceptors (Lipinski definition) is 3. The van der Waals surface area contributed by atoms with Crippen LogP contribution >= 0.6 is 0 Å². The third-order valence-electron chi connectivity index (χ3n) is 4.17. The molecule has 1 N–H and O–H groups in total. The number of aromatic nitrogens is 1. The molecule has 0 aromatic carbocycles. The minimum atomic E-state index is 0.344. The summed E-state index contributed by atoms with van der Waals surface area (Å²) in [5.41, 5.74) is 1.22. The Bertz CT molecular complexity index is 423. The summed E-state index contributed by atoms with van der Waals surface area (Å²) in [4.78, 5) is 4.24. The summed E-state index contributed by atoms with van der Waals surface area (Å²) < 4.78 is 6.28. The Balaban J connectivity index is 1.95. The van der Waals surface area contributed by atoms with Gasteiger partial charge in [-0.2, -0.15) is 0 Å². The predicted molar refractivity (Wildman–Crippen MR) is 87.4 cm³/mol. The number of pyridine rings is 1. The summed E-state index contributed by atoms with van der Waals surface area (Å²) in [5, 5.41) is 3.49. The molecule has 2 unspecified atom stereocenters. The topological polar surface area (TPSA) is 34.2 Å². The summed E-state index contributed by atoms with van der Waals surface area (Å²) >= 11 is 0. The normalized spacial score (nSPS) is 26.0. The fourth-order valence-corrected chi connectivity index (χ4v) is 3.31. The van der Waals surface area contributed by atoms with Gasteiger partial charge >= 0.3 is 0 Å². The van der Waals surface area contributed by atoms with Gasteiger partial charge in [0.1, 0.15) is 5.75 Å². The summed E-state index contributed by atoms with van der Waals surface area (Å²) in [6.07, 6.45) is 7.73. The second kappa shape index (κ2) is 7.79. The Morgan fingerprint density at radius 2 is 1.95 bits per heavy atom. The third-order valence-corrected chi connectivity index (χ3v) is 4.17. The van der Waals surface area contributed by atoms with Crippen LogP contribution in [0.3, 0.4) is 0 Å². The van der Waals surface area contributed by atoms with Crippen molar-refractivity contribution in [2.75, 3.05) is 6.54 Å². The van der Waals surface area contributed by atoms with E-state index in [1.807, 2.05) is 12.4 Å². The molecule has 2 atom stereocenters. The van der Waals surface area contributed by atoms with Crippen molar-refractivity contribution in [1.29, 1.82) is 0 Å². The number of nitrogens with one attached hydrogen (secondary N) is 1. The van der Waals surface area contributed by atoms with Crippen LogP contribution in [-0.4, -0.2) is 17.6 Å². The van der Waals surface area contributed by atoms with Crippen molar-refractivity contribution >= 4 is 0 Å². The van der Waals surface area contributed by atoms with E-state index < -0.39 is 0 Å². The van der Waals surface area contributed by atoms with Crippen molar-refractivity contribution in [3.8, 4) is 5.75 Å². The molecule has 3 nitrogen and oxygen atoms in total. The van der Waals surface area contributed by atoms with Gasteiger partial charge in [0.25, 0.3) is 0 Å². The van der Waals surface area contributed by atoms with Crippen LogP contribution in [0, 0.1) is 17.8 Å². The van der Waals surface area contributed by atoms with E-state index in [4.69, 9.17) is 4.74 Å². The molecule has 0 saturated heterocycles. The zero-order valence-corrected chi connectivity index (χ0v) is 13.9. The van der Waals surface area contributed by atoms with E-state index in [9.17, 15) is 0 Å². The Hall–Kier alpha value is -1.09. The van der Waals surface area contributed by atoms with Crippen molar-refractivity contribution in [2.45, 2.75) is 59.6 Å². The second-order valence-electron chi connectivity index (χ2n) is 7.17. The Labute approximate surface area is 129 Å². The van der Waals surface area contributed by atoms with Gasteiger partial charge in [-0.1, -0.05) is 27.7 Å². The number of rotatable bonds is 6. The van der Waals surface area contributed by atoms with Crippen molar-refractivity contribution in [3.05, 3.63) is 24.0 Å². The maximum atomic E-state index is 6.28. The summed E-state index contributed by atoms with van der Waals surface area (Å²) in [7, 11) is 0. The van der Waals surface area contributed by atoms with Crippen molar-refractivity contribution in [3.63, 3.8) is 0 Å². The Morgan fingerprint density at radius 1 is 1.24 bits per heavy atom. The molecule has 0 amide bonds. The van der Waals surface area contributed by atoms with E-state index in [0.29, 0.717) is 12.0 Å². The number of nitrogens with zero attached hydrogens (tertiary/aromatic N) is 1. The minimum Gasteiger partial charge on any atom is -0.488 e. The highest BCUT2D eigenvalue weighted by atomic mass is 16.5. The summed E-state index contributed by atoms with van der Waals surface area (Å²) in [6.45, 7) is 11.0. The van der Waals surface area contributed by atoms with E-state index in [0.717, 1.165) is 43.5 Å². The highest BCUT2D eigenvalue weighted by Crippen LogP contribution is 2.32. The van der Waals surface area contributed by atoms with Crippen LogP contribution in [0.5, 0.6) is 5.75 Å². The smallest absolute Gasteiger partial charge is 0.142 e. The lowest BCUT2D eigenvalue weighted by molar-refractivity contribution is 0.0995. The van der Waals surface area contributed by atoms with E-state index in [2.05, 4.69) is 44.1 Å². The van der Waals surface area contributed by atoms with Crippen LogP contribution in [-0.2, 0) is 6.54 Å². The van der Waals surface area contributed by atoms with Crippen LogP contribution in [0.1, 0.15) is 52.5 Å². The minimum absolute atomic E-state index is 0.344. The van der Waals surface area contributed by atoms with Gasteiger partial charge in [-0.05, 0) is 49.6 Å². The zero-order valence-electron chi connectivity index (χ0n) is 13.9. The van der Waals surface area contributed by atoms with Crippen LogP contribution < -0.4 is 10.1 Å². The van der Waals surface area contributed by atoms with Crippen molar-refractivity contribution in [1.82, 2.24) is 10.3 Å². The van der Waals surface area contributed by atoms with Crippen molar-refractivity contribution in [2.24, 2.45) is 17.8 Å². The lowest BCUT2D eigenvalue weighted by atomic mass is 9.82. The first-order chi connectivity index (χ1) is 10.0. The molecule has 2 rings (SSSR count). The van der Waals surface area contributed by atoms with Gasteiger partial charge in [0.15, 0.2) is 0 Å². The number of hydrogen-bond donors (Lipinski definition) is 1. The fraction of sp³-hybridized carbons (Fsp3) is 0.722. The summed E-state index contributed by atoms with van der Waals surface area (Å²) in [6, 6.07) is 2.07. The monoisotopic (exact) mass is 290 g/mol. The molecule has 1 heterocycles. The maximum absolute atomic E-state index is 6.28. The summed E-state index contributed by atoms with van der Waals surface area (Å²) in [5.74, 6) is 3.15. The quantitative estimate of drug-likeness (QED) is 0.859. The zero-order chi connectivity index (χ0) is 15.2. The third kappa shape index (κ3) is 5.31. The van der Waals surface area contributed by atoms with Crippen LogP contribution in [0.25, 0.3) is 0 Å². The molecule has 0 aliphatic heterocycles. The van der Waals surface area contributed by atoms with Gasteiger partial charge in [0.05, 0.1) is 12.3 Å². The predicted octanol–water partition coefficient (Wildman–Crippen LogP) is 4.03. The van der Waals surface area contributed by atoms with Gasteiger partial charge in [-0.25, -0.2) is 0 Å². The van der Waals surface area contributed by atoms with Crippen molar-refractivity contribution < 1.29 is 4.74 Å². The molecule has 118 valence electrons. The molecule has 1 saturated carbocycles. The first kappa shape index (κ1) is 16.3. The van der Waals surface area contributed by atoms with Crippen LogP contribution in [0.2, 0.25) is 0 Å². The van der Waals surface area contributed by atoms with E-state index in [1.165, 1.54) is 12.0 Å². The van der Waals surface area contributed by atoms with Crippen LogP contribution in [0.4, 0.5) is 0 Å². The second-order valence-corrected chi connectivity index (χ2v) is 7.17. The van der Waals surface area contributed by atoms with E-state index in [-0.39, 0.29) is 0 Å². The van der Waals surface area contributed by atoms with Gasteiger partial charge < -0.3 is 10.1 Å². The lowest BCUT2D eigenvalue weighted by Gasteiger charge is -2.32. The van der Waals surface area contributed by atoms with Gasteiger partial charge in [-0.3, -0.25) is 4.98 Å². The lowest BCUT2D eigenvalue weighted by Crippen LogP contribution is -2.29. The molecule has 1 aromatic heterocycles. The Morgan fingerprint density at radius 3 is 2.62 bits per heavy atom. The molecule has 1 aromatic rings. The maximum Gasteiger partial charge on any atom is 0.142 e. The fourth-order valence-electron chi connectivity index (χ4n) is 3.31. The van der Waals surface area contributed by atoms with Gasteiger partial charge in [0.2, 0.25) is 0 Å². The largest absolute Gasteiger partial charge is 0.488 e.